The van der Waals surface area contributed by atoms with Gasteiger partial charge >= 0.3 is 6.03 Å². The lowest BCUT2D eigenvalue weighted by Crippen LogP contribution is -2.41. The summed E-state index contributed by atoms with van der Waals surface area (Å²) in [6.07, 6.45) is 0. The molecular weight excluding hydrogens is 144 g/mol. The highest BCUT2D eigenvalue weighted by atomic mass is 16.2. The summed E-state index contributed by atoms with van der Waals surface area (Å²) in [7, 11) is 0. The standard InChI is InChI=1S/C7H14N2O2/c1-4-8-7(11)9-6(10)5(2)3/h5H,4H2,1-3H3,(H2,8,9,10,11). The van der Waals surface area contributed by atoms with Gasteiger partial charge in [0.05, 0.1) is 0 Å². The third-order valence-corrected chi connectivity index (χ3v) is 1.10. The first-order chi connectivity index (χ1) is 5.07. The summed E-state index contributed by atoms with van der Waals surface area (Å²) in [6.45, 7) is 5.78. The molecule has 4 nitrogen and oxygen atoms in total. The fourth-order valence-electron chi connectivity index (χ4n) is 0.461. The van der Waals surface area contributed by atoms with Crippen LogP contribution in [0, 0.1) is 5.92 Å². The van der Waals surface area contributed by atoms with E-state index >= 15 is 0 Å². The van der Waals surface area contributed by atoms with E-state index in [-0.39, 0.29) is 11.8 Å². The first-order valence-electron chi connectivity index (χ1n) is 3.66. The van der Waals surface area contributed by atoms with E-state index in [0.717, 1.165) is 0 Å². The predicted molar refractivity (Wildman–Crippen MR) is 42.1 cm³/mol. The Morgan fingerprint density at radius 1 is 1.36 bits per heavy atom. The molecule has 0 aliphatic heterocycles. The molecule has 0 spiro atoms. The number of rotatable bonds is 2. The van der Waals surface area contributed by atoms with Gasteiger partial charge in [-0.05, 0) is 6.92 Å². The average molecular weight is 158 g/mol. The van der Waals surface area contributed by atoms with E-state index in [1.54, 1.807) is 20.8 Å². The number of amides is 3. The van der Waals surface area contributed by atoms with Gasteiger partial charge in [0.25, 0.3) is 0 Å². The van der Waals surface area contributed by atoms with Crippen molar-refractivity contribution >= 4 is 11.9 Å². The van der Waals surface area contributed by atoms with Crippen molar-refractivity contribution < 1.29 is 9.59 Å². The molecule has 0 aliphatic rings. The minimum atomic E-state index is -0.425. The van der Waals surface area contributed by atoms with Crippen LogP contribution in [-0.2, 0) is 4.79 Å². The van der Waals surface area contributed by atoms with Crippen LogP contribution in [-0.4, -0.2) is 18.5 Å². The number of nitrogens with one attached hydrogen (secondary N) is 2. The fraction of sp³-hybridized carbons (Fsp3) is 0.714. The number of carbonyl (C=O) groups excluding carboxylic acids is 2. The molecule has 0 bridgehead atoms. The van der Waals surface area contributed by atoms with Gasteiger partial charge in [-0.15, -0.1) is 0 Å². The van der Waals surface area contributed by atoms with Crippen molar-refractivity contribution in [2.45, 2.75) is 20.8 Å². The van der Waals surface area contributed by atoms with E-state index in [1.165, 1.54) is 0 Å². The van der Waals surface area contributed by atoms with Crippen molar-refractivity contribution in [2.75, 3.05) is 6.54 Å². The summed E-state index contributed by atoms with van der Waals surface area (Å²) in [5.41, 5.74) is 0. The van der Waals surface area contributed by atoms with Crippen molar-refractivity contribution in [2.24, 2.45) is 5.92 Å². The van der Waals surface area contributed by atoms with Crippen LogP contribution in [0.25, 0.3) is 0 Å². The number of imide groups is 1. The molecule has 64 valence electrons. The summed E-state index contributed by atoms with van der Waals surface area (Å²) in [4.78, 5) is 21.6. The molecule has 0 aromatic heterocycles. The highest BCUT2D eigenvalue weighted by Gasteiger charge is 2.09. The van der Waals surface area contributed by atoms with Crippen LogP contribution in [0.3, 0.4) is 0 Å². The molecule has 2 N–H and O–H groups in total. The smallest absolute Gasteiger partial charge is 0.321 e. The third kappa shape index (κ3) is 4.36. The lowest BCUT2D eigenvalue weighted by molar-refractivity contribution is -0.122. The first kappa shape index (κ1) is 9.94. The van der Waals surface area contributed by atoms with Gasteiger partial charge in [-0.2, -0.15) is 0 Å². The van der Waals surface area contributed by atoms with Gasteiger partial charge in [-0.3, -0.25) is 10.1 Å². The zero-order chi connectivity index (χ0) is 8.85. The molecule has 0 saturated heterocycles. The van der Waals surface area contributed by atoms with E-state index in [2.05, 4.69) is 10.6 Å². The van der Waals surface area contributed by atoms with Gasteiger partial charge in [0.15, 0.2) is 0 Å². The second-order valence-corrected chi connectivity index (χ2v) is 2.50. The van der Waals surface area contributed by atoms with E-state index in [4.69, 9.17) is 0 Å². The first-order valence-corrected chi connectivity index (χ1v) is 3.66. The highest BCUT2D eigenvalue weighted by molar-refractivity contribution is 5.95. The second-order valence-electron chi connectivity index (χ2n) is 2.50. The van der Waals surface area contributed by atoms with Crippen molar-refractivity contribution in [3.63, 3.8) is 0 Å². The summed E-state index contributed by atoms with van der Waals surface area (Å²) in [5.74, 6) is -0.409. The molecule has 0 atom stereocenters. The number of urea groups is 1. The van der Waals surface area contributed by atoms with Crippen LogP contribution in [0.4, 0.5) is 4.79 Å². The second kappa shape index (κ2) is 4.71. The molecule has 3 amide bonds. The normalized spacial score (nSPS) is 9.45. The largest absolute Gasteiger partial charge is 0.338 e. The minimum absolute atomic E-state index is 0.155. The maximum Gasteiger partial charge on any atom is 0.321 e. The maximum absolute atomic E-state index is 10.9. The Kier molecular flexibility index (Phi) is 4.26. The molecule has 0 aliphatic carbocycles. The summed E-state index contributed by atoms with van der Waals surface area (Å²) in [6, 6.07) is -0.425. The third-order valence-electron chi connectivity index (χ3n) is 1.10. The topological polar surface area (TPSA) is 58.2 Å². The zero-order valence-corrected chi connectivity index (χ0v) is 7.10. The van der Waals surface area contributed by atoms with E-state index < -0.39 is 6.03 Å². The maximum atomic E-state index is 10.9. The lowest BCUT2D eigenvalue weighted by Gasteiger charge is -2.05. The average Bonchev–Trinajstić information content (AvgIpc) is 1.87. The Bertz CT molecular complexity index is 155. The van der Waals surface area contributed by atoms with Gasteiger partial charge in [0.2, 0.25) is 5.91 Å². The van der Waals surface area contributed by atoms with Crippen molar-refractivity contribution in [3.05, 3.63) is 0 Å². The molecule has 0 heterocycles. The van der Waals surface area contributed by atoms with Crippen LogP contribution in [0.15, 0.2) is 0 Å². The molecule has 0 aromatic rings. The minimum Gasteiger partial charge on any atom is -0.338 e. The molecule has 11 heavy (non-hydrogen) atoms. The SMILES string of the molecule is CCNC(=O)NC(=O)C(C)C. The molecule has 0 rings (SSSR count). The van der Waals surface area contributed by atoms with Gasteiger partial charge < -0.3 is 5.32 Å². The van der Waals surface area contributed by atoms with E-state index in [1.807, 2.05) is 0 Å². The quantitative estimate of drug-likeness (QED) is 0.614. The van der Waals surface area contributed by atoms with Gasteiger partial charge in [-0.25, -0.2) is 4.79 Å². The Labute approximate surface area is 66.4 Å². The molecule has 0 radical (unpaired) electrons. The molecule has 0 fully saturated rings. The Hall–Kier alpha value is -1.06. The van der Waals surface area contributed by atoms with Crippen molar-refractivity contribution in [3.8, 4) is 0 Å². The van der Waals surface area contributed by atoms with E-state index in [9.17, 15) is 9.59 Å². The van der Waals surface area contributed by atoms with Crippen LogP contribution >= 0.6 is 0 Å². The summed E-state index contributed by atoms with van der Waals surface area (Å²) in [5, 5.41) is 4.65. The van der Waals surface area contributed by atoms with Gasteiger partial charge in [0, 0.05) is 12.5 Å². The van der Waals surface area contributed by atoms with Gasteiger partial charge in [0.1, 0.15) is 0 Å². The molecule has 0 unspecified atom stereocenters. The monoisotopic (exact) mass is 158 g/mol. The van der Waals surface area contributed by atoms with Crippen LogP contribution in [0.1, 0.15) is 20.8 Å². The Morgan fingerprint density at radius 3 is 2.27 bits per heavy atom. The van der Waals surface area contributed by atoms with E-state index in [0.29, 0.717) is 6.54 Å². The molecule has 0 aromatic carbocycles. The van der Waals surface area contributed by atoms with Crippen molar-refractivity contribution in [1.82, 2.24) is 10.6 Å². The number of hydrogen-bond donors (Lipinski definition) is 2. The Balaban J connectivity index is 3.67. The van der Waals surface area contributed by atoms with Crippen LogP contribution < -0.4 is 10.6 Å². The van der Waals surface area contributed by atoms with Crippen LogP contribution in [0.5, 0.6) is 0 Å². The summed E-state index contributed by atoms with van der Waals surface area (Å²) >= 11 is 0. The number of carbonyl (C=O) groups is 2. The van der Waals surface area contributed by atoms with Gasteiger partial charge in [-0.1, -0.05) is 13.8 Å². The molecule has 0 saturated carbocycles. The summed E-state index contributed by atoms with van der Waals surface area (Å²) < 4.78 is 0. The fourth-order valence-corrected chi connectivity index (χ4v) is 0.461. The Morgan fingerprint density at radius 2 is 1.91 bits per heavy atom. The lowest BCUT2D eigenvalue weighted by atomic mass is 10.2. The predicted octanol–water partition coefficient (Wildman–Crippen LogP) is 0.488. The molecule has 4 heteroatoms. The highest BCUT2D eigenvalue weighted by Crippen LogP contribution is 1.89. The zero-order valence-electron chi connectivity index (χ0n) is 7.10. The van der Waals surface area contributed by atoms with Crippen LogP contribution in [0.2, 0.25) is 0 Å². The van der Waals surface area contributed by atoms with Crippen molar-refractivity contribution in [1.29, 1.82) is 0 Å². The number of hydrogen-bond acceptors (Lipinski definition) is 2. The molecular formula is C7H14N2O2.